The van der Waals surface area contributed by atoms with Crippen LogP contribution < -0.4 is 10.1 Å². The van der Waals surface area contributed by atoms with Crippen molar-refractivity contribution in [1.29, 1.82) is 0 Å². The number of nitrogens with one attached hydrogen (secondary N) is 1. The number of rotatable bonds is 3. The van der Waals surface area contributed by atoms with Crippen molar-refractivity contribution in [1.82, 2.24) is 14.7 Å². The number of methoxy groups -OCH3 is 1. The largest absolute Gasteiger partial charge is 0.495 e. The van der Waals surface area contributed by atoms with E-state index in [-0.39, 0.29) is 0 Å². The number of ether oxygens (including phenoxy) is 1. The summed E-state index contributed by atoms with van der Waals surface area (Å²) in [6.45, 7) is 2.22. The molecule has 1 aliphatic rings. The van der Waals surface area contributed by atoms with Gasteiger partial charge in [0.05, 0.1) is 25.0 Å². The molecule has 3 heterocycles. The van der Waals surface area contributed by atoms with Gasteiger partial charge in [-0.1, -0.05) is 0 Å². The second kappa shape index (κ2) is 3.79. The van der Waals surface area contributed by atoms with Crippen molar-refractivity contribution in [2.45, 2.75) is 6.42 Å². The van der Waals surface area contributed by atoms with Crippen LogP contribution in [0.4, 0.5) is 0 Å². The number of fused-ring (bicyclic) bond motifs is 1. The van der Waals surface area contributed by atoms with Crippen LogP contribution in [-0.2, 0) is 6.42 Å². The van der Waals surface area contributed by atoms with Gasteiger partial charge >= 0.3 is 0 Å². The molecule has 1 N–H and O–H groups in total. The molecule has 0 amide bonds. The summed E-state index contributed by atoms with van der Waals surface area (Å²) in [6, 6.07) is 4.00. The van der Waals surface area contributed by atoms with Crippen LogP contribution in [0.15, 0.2) is 24.5 Å². The molecule has 1 saturated heterocycles. The highest BCUT2D eigenvalue weighted by Gasteiger charge is 2.19. The Morgan fingerprint density at radius 3 is 3.06 bits per heavy atom. The number of nitrogens with zero attached hydrogens (tertiary/aromatic N) is 2. The van der Waals surface area contributed by atoms with Crippen molar-refractivity contribution >= 4 is 5.52 Å². The van der Waals surface area contributed by atoms with Crippen molar-refractivity contribution in [3.05, 3.63) is 30.4 Å². The zero-order valence-electron chi connectivity index (χ0n) is 9.31. The second-order valence-corrected chi connectivity index (χ2v) is 4.27. The lowest BCUT2D eigenvalue weighted by Gasteiger charge is -2.26. The van der Waals surface area contributed by atoms with Gasteiger partial charge in [0.25, 0.3) is 0 Å². The summed E-state index contributed by atoms with van der Waals surface area (Å²) < 4.78 is 7.35. The molecule has 0 aliphatic carbocycles. The van der Waals surface area contributed by atoms with Crippen LogP contribution in [0.5, 0.6) is 5.75 Å². The Morgan fingerprint density at radius 2 is 2.38 bits per heavy atom. The normalized spacial score (nSPS) is 16.3. The molecule has 2 aromatic heterocycles. The van der Waals surface area contributed by atoms with Gasteiger partial charge in [-0.3, -0.25) is 0 Å². The molecule has 0 spiro atoms. The molecule has 0 atom stereocenters. The first-order chi connectivity index (χ1) is 7.86. The van der Waals surface area contributed by atoms with Gasteiger partial charge in [0.15, 0.2) is 0 Å². The maximum absolute atomic E-state index is 5.23. The third-order valence-corrected chi connectivity index (χ3v) is 3.15. The van der Waals surface area contributed by atoms with E-state index >= 15 is 0 Å². The van der Waals surface area contributed by atoms with Gasteiger partial charge < -0.3 is 14.5 Å². The van der Waals surface area contributed by atoms with Gasteiger partial charge in [0, 0.05) is 6.42 Å². The van der Waals surface area contributed by atoms with Crippen LogP contribution >= 0.6 is 0 Å². The Hall–Kier alpha value is -1.55. The third-order valence-electron chi connectivity index (χ3n) is 3.15. The molecule has 1 aliphatic heterocycles. The molecular formula is C12H15N3O. The first-order valence-corrected chi connectivity index (χ1v) is 5.57. The predicted octanol–water partition coefficient (Wildman–Crippen LogP) is 1.10. The Morgan fingerprint density at radius 1 is 1.50 bits per heavy atom. The van der Waals surface area contributed by atoms with Crippen molar-refractivity contribution in [3.8, 4) is 5.75 Å². The van der Waals surface area contributed by atoms with Gasteiger partial charge in [-0.05, 0) is 31.1 Å². The second-order valence-electron chi connectivity index (χ2n) is 4.27. The lowest BCUT2D eigenvalue weighted by molar-refractivity contribution is 0.340. The molecule has 1 fully saturated rings. The lowest BCUT2D eigenvalue weighted by Crippen LogP contribution is -2.43. The SMILES string of the molecule is COc1ccc2cnc(CC3CNC3)n2c1. The van der Waals surface area contributed by atoms with E-state index in [0.717, 1.165) is 42.5 Å². The summed E-state index contributed by atoms with van der Waals surface area (Å²) in [6.07, 6.45) is 4.96. The maximum atomic E-state index is 5.23. The summed E-state index contributed by atoms with van der Waals surface area (Å²) in [5.74, 6) is 2.73. The highest BCUT2D eigenvalue weighted by Crippen LogP contribution is 2.17. The molecule has 4 nitrogen and oxygen atoms in total. The van der Waals surface area contributed by atoms with Gasteiger partial charge in [-0.15, -0.1) is 0 Å². The zero-order valence-corrected chi connectivity index (χ0v) is 9.31. The summed E-state index contributed by atoms with van der Waals surface area (Å²) in [7, 11) is 1.69. The number of imidazole rings is 1. The molecule has 0 unspecified atom stereocenters. The molecule has 3 rings (SSSR count). The van der Waals surface area contributed by atoms with E-state index in [1.807, 2.05) is 24.5 Å². The molecule has 84 valence electrons. The van der Waals surface area contributed by atoms with E-state index in [4.69, 9.17) is 4.74 Å². The minimum atomic E-state index is 0.733. The first-order valence-electron chi connectivity index (χ1n) is 5.57. The fraction of sp³-hybridized carbons (Fsp3) is 0.417. The Balaban J connectivity index is 1.96. The number of hydrogen-bond donors (Lipinski definition) is 1. The standard InChI is InChI=1S/C12H15N3O/c1-16-11-3-2-10-7-14-12(15(10)8-11)4-9-5-13-6-9/h2-3,7-9,13H,4-6H2,1H3. The van der Waals surface area contributed by atoms with Crippen LogP contribution in [-0.4, -0.2) is 29.6 Å². The molecular weight excluding hydrogens is 202 g/mol. The number of aromatic nitrogens is 2. The molecule has 0 bridgehead atoms. The molecule has 0 aromatic carbocycles. The Labute approximate surface area is 94.3 Å². The van der Waals surface area contributed by atoms with Crippen molar-refractivity contribution in [2.75, 3.05) is 20.2 Å². The van der Waals surface area contributed by atoms with Crippen LogP contribution in [0.2, 0.25) is 0 Å². The monoisotopic (exact) mass is 217 g/mol. The smallest absolute Gasteiger partial charge is 0.135 e. The molecule has 0 radical (unpaired) electrons. The summed E-state index contributed by atoms with van der Waals surface area (Å²) in [5.41, 5.74) is 1.13. The van der Waals surface area contributed by atoms with Gasteiger partial charge in [-0.2, -0.15) is 0 Å². The molecule has 4 heteroatoms. The van der Waals surface area contributed by atoms with Crippen LogP contribution in [0.1, 0.15) is 5.82 Å². The minimum absolute atomic E-state index is 0.733. The number of pyridine rings is 1. The molecule has 16 heavy (non-hydrogen) atoms. The Kier molecular flexibility index (Phi) is 2.29. The van der Waals surface area contributed by atoms with Crippen LogP contribution in [0.25, 0.3) is 5.52 Å². The van der Waals surface area contributed by atoms with Gasteiger partial charge in [-0.25, -0.2) is 4.98 Å². The van der Waals surface area contributed by atoms with E-state index in [1.54, 1.807) is 7.11 Å². The van der Waals surface area contributed by atoms with E-state index in [2.05, 4.69) is 14.7 Å². The predicted molar refractivity (Wildman–Crippen MR) is 61.8 cm³/mol. The average molecular weight is 217 g/mol. The highest BCUT2D eigenvalue weighted by atomic mass is 16.5. The highest BCUT2D eigenvalue weighted by molar-refractivity contribution is 5.48. The summed E-state index contributed by atoms with van der Waals surface area (Å²) in [4.78, 5) is 4.47. The molecule has 2 aromatic rings. The third kappa shape index (κ3) is 1.55. The van der Waals surface area contributed by atoms with E-state index in [1.165, 1.54) is 0 Å². The lowest BCUT2D eigenvalue weighted by atomic mass is 9.99. The van der Waals surface area contributed by atoms with Gasteiger partial charge in [0.1, 0.15) is 11.6 Å². The fourth-order valence-electron chi connectivity index (χ4n) is 2.05. The maximum Gasteiger partial charge on any atom is 0.135 e. The fourth-order valence-corrected chi connectivity index (χ4v) is 2.05. The van der Waals surface area contributed by atoms with Crippen molar-refractivity contribution in [3.63, 3.8) is 0 Å². The minimum Gasteiger partial charge on any atom is -0.495 e. The van der Waals surface area contributed by atoms with E-state index < -0.39 is 0 Å². The topological polar surface area (TPSA) is 38.6 Å². The summed E-state index contributed by atoms with van der Waals surface area (Å²) in [5, 5.41) is 3.28. The summed E-state index contributed by atoms with van der Waals surface area (Å²) >= 11 is 0. The van der Waals surface area contributed by atoms with E-state index in [9.17, 15) is 0 Å². The molecule has 0 saturated carbocycles. The first kappa shape index (κ1) is 9.66. The van der Waals surface area contributed by atoms with E-state index in [0.29, 0.717) is 0 Å². The van der Waals surface area contributed by atoms with Crippen LogP contribution in [0, 0.1) is 5.92 Å². The van der Waals surface area contributed by atoms with Crippen molar-refractivity contribution in [2.24, 2.45) is 5.92 Å². The van der Waals surface area contributed by atoms with Crippen molar-refractivity contribution < 1.29 is 4.74 Å². The quantitative estimate of drug-likeness (QED) is 0.837. The average Bonchev–Trinajstić information content (AvgIpc) is 2.65. The van der Waals surface area contributed by atoms with Crippen LogP contribution in [0.3, 0.4) is 0 Å². The Bertz CT molecular complexity index is 502. The van der Waals surface area contributed by atoms with Gasteiger partial charge in [0.2, 0.25) is 0 Å². The number of hydrogen-bond acceptors (Lipinski definition) is 3. The zero-order chi connectivity index (χ0) is 11.0.